The van der Waals surface area contributed by atoms with Crippen molar-refractivity contribution in [2.24, 2.45) is 0 Å². The SMILES string of the molecule is CC(=O)Nc1nc(Cl)c2ncn([C@@H]3O[C@H]4CO[Si](C(C)C)(C(C)C)O[Si](C(C)C)(C(C)C)O[C@H]4[C@H]3O[Si](C)(C)C)c2n1. The number of carbonyl (C=O) groups excluding carboxylic acids is 1. The van der Waals surface area contributed by atoms with Crippen LogP contribution in [0, 0.1) is 0 Å². The Bertz CT molecular complexity index is 1270. The van der Waals surface area contributed by atoms with Crippen molar-refractivity contribution in [2.75, 3.05) is 11.9 Å². The Morgan fingerprint density at radius 2 is 1.64 bits per heavy atom. The molecule has 2 aromatic heterocycles. The lowest BCUT2D eigenvalue weighted by molar-refractivity contribution is -0.114. The van der Waals surface area contributed by atoms with Crippen LogP contribution >= 0.6 is 11.6 Å². The lowest BCUT2D eigenvalue weighted by atomic mass is 10.1. The maximum absolute atomic E-state index is 11.8. The van der Waals surface area contributed by atoms with Crippen molar-refractivity contribution in [1.29, 1.82) is 0 Å². The molecule has 0 bridgehead atoms. The monoisotopic (exact) mass is 657 g/mol. The average molecular weight is 658 g/mol. The molecule has 2 aromatic rings. The molecule has 236 valence electrons. The number of hydrogen-bond donors (Lipinski definition) is 1. The van der Waals surface area contributed by atoms with Crippen molar-refractivity contribution < 1.29 is 26.9 Å². The van der Waals surface area contributed by atoms with Crippen LogP contribution in [0.1, 0.15) is 68.5 Å². The number of hydrogen-bond acceptors (Lipinski definition) is 9. The number of amides is 1. The molecule has 4 heterocycles. The first-order valence-corrected chi connectivity index (χ1v) is 22.7. The number of ether oxygens (including phenoxy) is 1. The van der Waals surface area contributed by atoms with E-state index in [1.807, 2.05) is 4.57 Å². The molecule has 4 atom stereocenters. The summed E-state index contributed by atoms with van der Waals surface area (Å²) in [7, 11) is -7.79. The van der Waals surface area contributed by atoms with Gasteiger partial charge in [0, 0.05) is 6.92 Å². The second kappa shape index (κ2) is 12.3. The Hall–Kier alpha value is -1.24. The summed E-state index contributed by atoms with van der Waals surface area (Å²) in [6, 6.07) is 0. The van der Waals surface area contributed by atoms with Crippen molar-refractivity contribution in [3.63, 3.8) is 0 Å². The standard InChI is InChI=1S/C27H48ClN5O6Si3/c1-15(2)41(16(3)4)35-13-20-22(38-42(39-41,17(5)6)18(7)8)23(37-40(10,11)12)26(36-20)33-14-29-21-24(28)31-27(30-19(9)34)32-25(21)33/h14-18,20,22-23,26H,13H2,1-12H3,(H,30,31,32,34)/t20-,22+,23+,26+/m0/s1. The number of nitrogens with one attached hydrogen (secondary N) is 1. The van der Waals surface area contributed by atoms with E-state index in [9.17, 15) is 4.79 Å². The van der Waals surface area contributed by atoms with Gasteiger partial charge in [-0.2, -0.15) is 9.97 Å². The van der Waals surface area contributed by atoms with Gasteiger partial charge in [0.05, 0.1) is 12.9 Å². The third-order valence-corrected chi connectivity index (χ3v) is 19.5. The maximum atomic E-state index is 11.8. The lowest BCUT2D eigenvalue weighted by Gasteiger charge is -2.51. The normalized spacial score (nSPS) is 26.2. The molecule has 42 heavy (non-hydrogen) atoms. The minimum absolute atomic E-state index is 0.0945. The number of halogens is 1. The van der Waals surface area contributed by atoms with E-state index < -0.39 is 50.0 Å². The number of nitrogens with zero attached hydrogens (tertiary/aromatic N) is 4. The van der Waals surface area contributed by atoms with Crippen LogP contribution < -0.4 is 5.32 Å². The summed E-state index contributed by atoms with van der Waals surface area (Å²) in [5.41, 5.74) is 1.61. The molecule has 0 radical (unpaired) electrons. The fourth-order valence-electron chi connectivity index (χ4n) is 6.16. The number of rotatable bonds is 8. The summed E-state index contributed by atoms with van der Waals surface area (Å²) in [6.07, 6.45) is -0.315. The smallest absolute Gasteiger partial charge is 0.335 e. The Labute approximate surface area is 258 Å². The minimum atomic E-state index is -2.92. The first-order chi connectivity index (χ1) is 19.4. The van der Waals surface area contributed by atoms with Crippen LogP contribution in [0.5, 0.6) is 0 Å². The van der Waals surface area contributed by atoms with Crippen molar-refractivity contribution in [1.82, 2.24) is 19.5 Å². The van der Waals surface area contributed by atoms with Gasteiger partial charge in [-0.1, -0.05) is 67.0 Å². The number of aromatic nitrogens is 4. The van der Waals surface area contributed by atoms with Crippen molar-refractivity contribution in [3.8, 4) is 0 Å². The summed E-state index contributed by atoms with van der Waals surface area (Å²) in [6.45, 7) is 25.8. The summed E-state index contributed by atoms with van der Waals surface area (Å²) < 4.78 is 37.3. The van der Waals surface area contributed by atoms with Crippen LogP contribution in [0.3, 0.4) is 0 Å². The fraction of sp³-hybridized carbons (Fsp3) is 0.778. The van der Waals surface area contributed by atoms with E-state index in [-0.39, 0.29) is 39.2 Å². The Balaban J connectivity index is 1.88. The van der Waals surface area contributed by atoms with Gasteiger partial charge in [-0.25, -0.2) is 4.98 Å². The third kappa shape index (κ3) is 6.29. The van der Waals surface area contributed by atoms with E-state index in [4.69, 9.17) is 33.7 Å². The zero-order valence-electron chi connectivity index (χ0n) is 27.0. The van der Waals surface area contributed by atoms with E-state index in [0.717, 1.165) is 0 Å². The molecule has 15 heteroatoms. The van der Waals surface area contributed by atoms with E-state index >= 15 is 0 Å². The lowest BCUT2D eigenvalue weighted by Crippen LogP contribution is -2.66. The zero-order valence-corrected chi connectivity index (χ0v) is 30.8. The molecule has 2 fully saturated rings. The highest BCUT2D eigenvalue weighted by molar-refractivity contribution is 6.84. The summed E-state index contributed by atoms with van der Waals surface area (Å²) in [4.78, 5) is 25.1. The van der Waals surface area contributed by atoms with Crippen molar-refractivity contribution in [2.45, 2.75) is 129 Å². The highest BCUT2D eigenvalue weighted by Crippen LogP contribution is 2.49. The van der Waals surface area contributed by atoms with Gasteiger partial charge in [0.25, 0.3) is 0 Å². The van der Waals surface area contributed by atoms with Gasteiger partial charge in [0.15, 0.2) is 25.3 Å². The van der Waals surface area contributed by atoms with Crippen LogP contribution in [0.25, 0.3) is 11.2 Å². The summed E-state index contributed by atoms with van der Waals surface area (Å²) >= 11 is 6.48. The van der Waals surface area contributed by atoms with Gasteiger partial charge < -0.3 is 22.1 Å². The molecular formula is C27H48ClN5O6Si3. The van der Waals surface area contributed by atoms with Gasteiger partial charge in [-0.05, 0) is 41.8 Å². The second-order valence-corrected chi connectivity index (χ2v) is 27.3. The molecule has 1 N–H and O–H groups in total. The Morgan fingerprint density at radius 3 is 2.17 bits per heavy atom. The van der Waals surface area contributed by atoms with Crippen molar-refractivity contribution >= 4 is 60.1 Å². The largest absolute Gasteiger partial charge is 0.414 e. The molecule has 0 unspecified atom stereocenters. The quantitative estimate of drug-likeness (QED) is 0.250. The van der Waals surface area contributed by atoms with Crippen LogP contribution in [0.15, 0.2) is 6.33 Å². The number of imidazole rings is 1. The van der Waals surface area contributed by atoms with Gasteiger partial charge in [0.1, 0.15) is 23.8 Å². The molecule has 0 saturated carbocycles. The predicted octanol–water partition coefficient (Wildman–Crippen LogP) is 6.51. The molecule has 1 amide bonds. The molecule has 2 aliphatic rings. The number of carbonyl (C=O) groups is 1. The average Bonchev–Trinajstić information content (AvgIpc) is 3.38. The molecule has 0 spiro atoms. The van der Waals surface area contributed by atoms with Gasteiger partial charge >= 0.3 is 17.1 Å². The topological polar surface area (TPSA) is 119 Å². The number of anilines is 1. The van der Waals surface area contributed by atoms with Gasteiger partial charge in [0.2, 0.25) is 11.9 Å². The van der Waals surface area contributed by atoms with Crippen LogP contribution in [0.4, 0.5) is 5.95 Å². The van der Waals surface area contributed by atoms with Crippen LogP contribution in [-0.4, -0.2) is 75.8 Å². The first kappa shape index (κ1) is 33.6. The van der Waals surface area contributed by atoms with E-state index in [1.165, 1.54) is 6.92 Å². The van der Waals surface area contributed by atoms with E-state index in [0.29, 0.717) is 17.8 Å². The van der Waals surface area contributed by atoms with Gasteiger partial charge in [-0.3, -0.25) is 14.7 Å². The second-order valence-electron chi connectivity index (χ2n) is 13.7. The Kier molecular flexibility index (Phi) is 9.83. The maximum Gasteiger partial charge on any atom is 0.335 e. The Morgan fingerprint density at radius 1 is 1.05 bits per heavy atom. The highest BCUT2D eigenvalue weighted by atomic mass is 35.5. The van der Waals surface area contributed by atoms with E-state index in [2.05, 4.69) is 95.3 Å². The summed E-state index contributed by atoms with van der Waals surface area (Å²) in [5, 5.41) is 2.76. The molecule has 0 aromatic carbocycles. The zero-order chi connectivity index (χ0) is 31.4. The number of fused-ring (bicyclic) bond motifs is 2. The fourth-order valence-corrected chi connectivity index (χ4v) is 18.7. The molecule has 11 nitrogen and oxygen atoms in total. The first-order valence-electron chi connectivity index (χ1n) is 14.9. The minimum Gasteiger partial charge on any atom is -0.414 e. The highest BCUT2D eigenvalue weighted by Gasteiger charge is 2.62. The predicted molar refractivity (Wildman–Crippen MR) is 171 cm³/mol. The summed E-state index contributed by atoms with van der Waals surface area (Å²) in [5.74, 6) is -0.207. The molecule has 4 rings (SSSR count). The molecule has 2 aliphatic heterocycles. The van der Waals surface area contributed by atoms with E-state index in [1.54, 1.807) is 6.33 Å². The van der Waals surface area contributed by atoms with Crippen LogP contribution in [0.2, 0.25) is 47.0 Å². The van der Waals surface area contributed by atoms with Crippen molar-refractivity contribution in [3.05, 3.63) is 11.5 Å². The van der Waals surface area contributed by atoms with Gasteiger partial charge in [-0.15, -0.1) is 0 Å². The third-order valence-electron chi connectivity index (χ3n) is 8.05. The van der Waals surface area contributed by atoms with Crippen LogP contribution in [-0.2, 0) is 26.9 Å². The molecular weight excluding hydrogens is 610 g/mol. The molecule has 0 aliphatic carbocycles. The molecule has 2 saturated heterocycles.